The molecule has 6 heteroatoms. The molecule has 0 aliphatic heterocycles. The van der Waals surface area contributed by atoms with Crippen molar-refractivity contribution in [2.75, 3.05) is 5.32 Å². The number of carboxylic acid groups (broad SMARTS) is 1. The lowest BCUT2D eigenvalue weighted by Crippen LogP contribution is -2.16. The highest BCUT2D eigenvalue weighted by Gasteiger charge is 2.23. The maximum Gasteiger partial charge on any atom is 0.303 e. The van der Waals surface area contributed by atoms with E-state index >= 15 is 0 Å². The van der Waals surface area contributed by atoms with Crippen LogP contribution in [0.1, 0.15) is 43.6 Å². The highest BCUT2D eigenvalue weighted by molar-refractivity contribution is 5.67. The van der Waals surface area contributed by atoms with E-state index < -0.39 is 5.97 Å². The van der Waals surface area contributed by atoms with Gasteiger partial charge in [0.25, 0.3) is 0 Å². The third kappa shape index (κ3) is 5.00. The lowest BCUT2D eigenvalue weighted by Gasteiger charge is -2.28. The van der Waals surface area contributed by atoms with Crippen LogP contribution in [0.4, 0.5) is 16.0 Å². The number of aliphatic carboxylic acids is 1. The van der Waals surface area contributed by atoms with Gasteiger partial charge in [0.15, 0.2) is 0 Å². The van der Waals surface area contributed by atoms with Crippen LogP contribution in [0.5, 0.6) is 0 Å². The standard InChI is InChI=1S/C24H24FN3O2/c25-21-2-1-3-22(13-21)28-24-26-14-20(15-27-24)19-10-8-18(9-11-19)17-6-4-16(5-7-17)12-23(29)30/h1-3,8-11,13-17H,4-7,12H2,(H,29,30)(H,26,27,28)/t16-,17-. The Morgan fingerprint density at radius 3 is 2.33 bits per heavy atom. The van der Waals surface area contributed by atoms with Gasteiger partial charge in [-0.15, -0.1) is 0 Å². The predicted molar refractivity (Wildman–Crippen MR) is 114 cm³/mol. The predicted octanol–water partition coefficient (Wildman–Crippen LogP) is 5.77. The molecule has 1 fully saturated rings. The van der Waals surface area contributed by atoms with Gasteiger partial charge in [-0.05, 0) is 66.8 Å². The number of anilines is 2. The first-order valence-corrected chi connectivity index (χ1v) is 10.2. The van der Waals surface area contributed by atoms with Gasteiger partial charge in [0.05, 0.1) is 0 Å². The fourth-order valence-corrected chi connectivity index (χ4v) is 4.13. The van der Waals surface area contributed by atoms with E-state index in [0.29, 0.717) is 23.5 Å². The normalized spacial score (nSPS) is 18.7. The number of rotatable bonds is 6. The van der Waals surface area contributed by atoms with E-state index in [1.54, 1.807) is 24.5 Å². The molecule has 0 bridgehead atoms. The second-order valence-electron chi connectivity index (χ2n) is 7.87. The minimum atomic E-state index is -0.692. The van der Waals surface area contributed by atoms with Crippen molar-refractivity contribution in [1.82, 2.24) is 9.97 Å². The zero-order valence-electron chi connectivity index (χ0n) is 16.6. The van der Waals surface area contributed by atoms with Gasteiger partial charge in [-0.1, -0.05) is 30.3 Å². The van der Waals surface area contributed by atoms with Gasteiger partial charge in [0, 0.05) is 30.1 Å². The summed E-state index contributed by atoms with van der Waals surface area (Å²) in [4.78, 5) is 19.6. The number of aromatic nitrogens is 2. The van der Waals surface area contributed by atoms with Gasteiger partial charge >= 0.3 is 5.97 Å². The fourth-order valence-electron chi connectivity index (χ4n) is 4.13. The second-order valence-corrected chi connectivity index (χ2v) is 7.87. The number of carbonyl (C=O) groups is 1. The summed E-state index contributed by atoms with van der Waals surface area (Å²) in [7, 11) is 0. The van der Waals surface area contributed by atoms with Gasteiger partial charge in [-0.3, -0.25) is 4.79 Å². The summed E-state index contributed by atoms with van der Waals surface area (Å²) >= 11 is 0. The molecule has 5 nitrogen and oxygen atoms in total. The van der Waals surface area contributed by atoms with Crippen molar-refractivity contribution >= 4 is 17.6 Å². The van der Waals surface area contributed by atoms with Gasteiger partial charge in [0.2, 0.25) is 5.95 Å². The molecule has 0 unspecified atom stereocenters. The molecule has 2 N–H and O–H groups in total. The van der Waals surface area contributed by atoms with Crippen LogP contribution in [-0.4, -0.2) is 21.0 Å². The molecule has 1 aromatic heterocycles. The van der Waals surface area contributed by atoms with E-state index in [1.807, 2.05) is 0 Å². The Kier molecular flexibility index (Phi) is 6.02. The molecule has 154 valence electrons. The number of halogens is 1. The molecule has 0 radical (unpaired) electrons. The molecular formula is C24H24FN3O2. The van der Waals surface area contributed by atoms with Gasteiger partial charge in [-0.25, -0.2) is 14.4 Å². The summed E-state index contributed by atoms with van der Waals surface area (Å²) in [6.45, 7) is 0. The quantitative estimate of drug-likeness (QED) is 0.544. The van der Waals surface area contributed by atoms with Crippen LogP contribution in [-0.2, 0) is 4.79 Å². The first kappa shape index (κ1) is 20.0. The van der Waals surface area contributed by atoms with Crippen molar-refractivity contribution in [1.29, 1.82) is 0 Å². The van der Waals surface area contributed by atoms with Crippen LogP contribution in [0.15, 0.2) is 60.9 Å². The first-order valence-electron chi connectivity index (χ1n) is 10.2. The maximum atomic E-state index is 13.3. The van der Waals surface area contributed by atoms with E-state index in [4.69, 9.17) is 5.11 Å². The molecule has 4 rings (SSSR count). The third-order valence-electron chi connectivity index (χ3n) is 5.76. The van der Waals surface area contributed by atoms with Crippen LogP contribution in [0.25, 0.3) is 11.1 Å². The first-order chi connectivity index (χ1) is 14.6. The second kappa shape index (κ2) is 9.03. The molecule has 3 aromatic rings. The van der Waals surface area contributed by atoms with Crippen LogP contribution >= 0.6 is 0 Å². The monoisotopic (exact) mass is 405 g/mol. The summed E-state index contributed by atoms with van der Waals surface area (Å²) in [6, 6.07) is 14.6. The van der Waals surface area contributed by atoms with E-state index in [0.717, 1.165) is 36.8 Å². The van der Waals surface area contributed by atoms with Crippen LogP contribution < -0.4 is 5.32 Å². The van der Waals surface area contributed by atoms with E-state index in [9.17, 15) is 9.18 Å². The zero-order chi connectivity index (χ0) is 20.9. The Morgan fingerprint density at radius 2 is 1.70 bits per heavy atom. The summed E-state index contributed by atoms with van der Waals surface area (Å²) in [6.07, 6.45) is 7.83. The molecule has 1 heterocycles. The molecule has 0 atom stereocenters. The highest BCUT2D eigenvalue weighted by Crippen LogP contribution is 2.37. The van der Waals surface area contributed by atoms with Crippen molar-refractivity contribution in [2.24, 2.45) is 5.92 Å². The number of nitrogens with one attached hydrogen (secondary N) is 1. The Morgan fingerprint density at radius 1 is 1.00 bits per heavy atom. The van der Waals surface area contributed by atoms with Gasteiger partial charge in [-0.2, -0.15) is 0 Å². The van der Waals surface area contributed by atoms with Crippen LogP contribution in [0, 0.1) is 11.7 Å². The summed E-state index contributed by atoms with van der Waals surface area (Å²) < 4.78 is 13.3. The van der Waals surface area contributed by atoms with Crippen molar-refractivity contribution in [3.8, 4) is 11.1 Å². The molecule has 1 aliphatic carbocycles. The lowest BCUT2D eigenvalue weighted by atomic mass is 9.77. The molecular weight excluding hydrogens is 381 g/mol. The Balaban J connectivity index is 1.37. The molecule has 30 heavy (non-hydrogen) atoms. The Hall–Kier alpha value is -3.28. The Bertz CT molecular complexity index is 998. The third-order valence-corrected chi connectivity index (χ3v) is 5.76. The van der Waals surface area contributed by atoms with E-state index in [2.05, 4.69) is 39.6 Å². The zero-order valence-corrected chi connectivity index (χ0v) is 16.6. The Labute approximate surface area is 175 Å². The highest BCUT2D eigenvalue weighted by atomic mass is 19.1. The molecule has 1 aliphatic rings. The number of hydrogen-bond donors (Lipinski definition) is 2. The summed E-state index contributed by atoms with van der Waals surface area (Å²) in [5.41, 5.74) is 3.86. The maximum absolute atomic E-state index is 13.3. The van der Waals surface area contributed by atoms with Gasteiger partial charge < -0.3 is 10.4 Å². The number of nitrogens with zero attached hydrogens (tertiary/aromatic N) is 2. The smallest absolute Gasteiger partial charge is 0.303 e. The molecule has 0 saturated heterocycles. The molecule has 0 spiro atoms. The van der Waals surface area contributed by atoms with Crippen molar-refractivity contribution < 1.29 is 14.3 Å². The number of hydrogen-bond acceptors (Lipinski definition) is 4. The van der Waals surface area contributed by atoms with E-state index in [-0.39, 0.29) is 12.2 Å². The largest absolute Gasteiger partial charge is 0.481 e. The van der Waals surface area contributed by atoms with Crippen molar-refractivity contribution in [3.63, 3.8) is 0 Å². The topological polar surface area (TPSA) is 75.1 Å². The SMILES string of the molecule is O=C(O)C[C@H]1CC[C@H](c2ccc(-c3cnc(Nc4cccc(F)c4)nc3)cc2)CC1. The van der Waals surface area contributed by atoms with Gasteiger partial charge in [0.1, 0.15) is 5.82 Å². The number of carboxylic acids is 1. The van der Waals surface area contributed by atoms with Crippen LogP contribution in [0.3, 0.4) is 0 Å². The van der Waals surface area contributed by atoms with Crippen molar-refractivity contribution in [3.05, 3.63) is 72.3 Å². The molecule has 1 saturated carbocycles. The summed E-state index contributed by atoms with van der Waals surface area (Å²) in [5, 5.41) is 12.0. The fraction of sp³-hybridized carbons (Fsp3) is 0.292. The average molecular weight is 405 g/mol. The van der Waals surface area contributed by atoms with Crippen molar-refractivity contribution in [2.45, 2.75) is 38.0 Å². The van der Waals surface area contributed by atoms with Crippen LogP contribution in [0.2, 0.25) is 0 Å². The van der Waals surface area contributed by atoms with E-state index in [1.165, 1.54) is 17.7 Å². The minimum absolute atomic E-state index is 0.287. The summed E-state index contributed by atoms with van der Waals surface area (Å²) in [5.74, 6) is 0.223. The molecule has 2 aromatic carbocycles. The average Bonchev–Trinajstić information content (AvgIpc) is 2.75. The molecule has 0 amide bonds. The lowest BCUT2D eigenvalue weighted by molar-refractivity contribution is -0.138. The minimum Gasteiger partial charge on any atom is -0.481 e. The number of benzene rings is 2.